The number of non-ortho nitro benzene ring substituents is 1. The van der Waals surface area contributed by atoms with Crippen LogP contribution >= 0.6 is 11.6 Å². The average molecular weight is 226 g/mol. The molecule has 0 heterocycles. The van der Waals surface area contributed by atoms with Gasteiger partial charge in [0, 0.05) is 22.7 Å². The molecule has 0 unspecified atom stereocenters. The van der Waals surface area contributed by atoms with Crippen molar-refractivity contribution in [2.45, 2.75) is 6.92 Å². The Morgan fingerprint density at radius 1 is 1.53 bits per heavy atom. The largest absolute Gasteiger partial charge is 0.298 e. The molecule has 0 fully saturated rings. The fourth-order valence-corrected chi connectivity index (χ4v) is 1.21. The monoisotopic (exact) mass is 225 g/mol. The van der Waals surface area contributed by atoms with Crippen LogP contribution in [0, 0.1) is 10.1 Å². The second kappa shape index (κ2) is 4.70. The number of benzene rings is 1. The minimum atomic E-state index is -0.510. The summed E-state index contributed by atoms with van der Waals surface area (Å²) >= 11 is 5.82. The lowest BCUT2D eigenvalue weighted by Crippen LogP contribution is -1.89. The van der Waals surface area contributed by atoms with E-state index in [1.165, 1.54) is 24.3 Å². The number of carbonyl (C=O) groups is 1. The molecule has 0 spiro atoms. The lowest BCUT2D eigenvalue weighted by molar-refractivity contribution is -0.384. The molecule has 5 heteroatoms. The van der Waals surface area contributed by atoms with Gasteiger partial charge in [0.1, 0.15) is 6.29 Å². The number of aldehydes is 1. The topological polar surface area (TPSA) is 60.2 Å². The first-order valence-electron chi connectivity index (χ1n) is 4.12. The zero-order chi connectivity index (χ0) is 11.4. The molecule has 0 saturated carbocycles. The third-order valence-corrected chi connectivity index (χ3v) is 2.10. The van der Waals surface area contributed by atoms with Crippen LogP contribution in [0.2, 0.25) is 5.02 Å². The minimum Gasteiger partial charge on any atom is -0.298 e. The molecule has 4 nitrogen and oxygen atoms in total. The molecule has 0 amide bonds. The van der Waals surface area contributed by atoms with Gasteiger partial charge < -0.3 is 0 Å². The van der Waals surface area contributed by atoms with E-state index >= 15 is 0 Å². The number of nitro groups is 1. The van der Waals surface area contributed by atoms with E-state index in [4.69, 9.17) is 11.6 Å². The highest BCUT2D eigenvalue weighted by Gasteiger charge is 2.07. The summed E-state index contributed by atoms with van der Waals surface area (Å²) < 4.78 is 0. The van der Waals surface area contributed by atoms with Gasteiger partial charge in [0.15, 0.2) is 0 Å². The molecule has 0 aromatic heterocycles. The molecular weight excluding hydrogens is 218 g/mol. The smallest absolute Gasteiger partial charge is 0.270 e. The fourth-order valence-electron chi connectivity index (χ4n) is 1.03. The highest BCUT2D eigenvalue weighted by molar-refractivity contribution is 6.32. The van der Waals surface area contributed by atoms with Crippen LogP contribution in [-0.4, -0.2) is 11.2 Å². The van der Waals surface area contributed by atoms with Crippen LogP contribution in [0.3, 0.4) is 0 Å². The third-order valence-electron chi connectivity index (χ3n) is 1.76. The molecule has 0 atom stereocenters. The van der Waals surface area contributed by atoms with E-state index in [-0.39, 0.29) is 5.69 Å². The first kappa shape index (κ1) is 11.4. The number of nitro benzene ring substituents is 1. The number of hydrogen-bond acceptors (Lipinski definition) is 3. The average Bonchev–Trinajstić information content (AvgIpc) is 2.20. The van der Waals surface area contributed by atoms with E-state index in [1.54, 1.807) is 6.92 Å². The molecule has 1 aromatic rings. The number of allylic oxidation sites excluding steroid dienone is 1. The molecule has 1 rings (SSSR count). The number of rotatable bonds is 3. The molecule has 15 heavy (non-hydrogen) atoms. The van der Waals surface area contributed by atoms with Crippen LogP contribution in [0.15, 0.2) is 23.8 Å². The summed E-state index contributed by atoms with van der Waals surface area (Å²) in [5.74, 6) is 0. The van der Waals surface area contributed by atoms with Gasteiger partial charge in [0.05, 0.1) is 4.92 Å². The Morgan fingerprint density at radius 3 is 2.73 bits per heavy atom. The Kier molecular flexibility index (Phi) is 3.57. The van der Waals surface area contributed by atoms with Crippen molar-refractivity contribution in [3.8, 4) is 0 Å². The van der Waals surface area contributed by atoms with E-state index in [1.807, 2.05) is 0 Å². The van der Waals surface area contributed by atoms with Gasteiger partial charge in [-0.15, -0.1) is 0 Å². The lowest BCUT2D eigenvalue weighted by Gasteiger charge is -1.98. The molecule has 0 N–H and O–H groups in total. The zero-order valence-corrected chi connectivity index (χ0v) is 8.69. The maximum Gasteiger partial charge on any atom is 0.270 e. The second-order valence-corrected chi connectivity index (χ2v) is 3.38. The van der Waals surface area contributed by atoms with E-state index in [9.17, 15) is 14.9 Å². The van der Waals surface area contributed by atoms with Crippen molar-refractivity contribution in [2.75, 3.05) is 0 Å². The molecule has 0 aliphatic rings. The Morgan fingerprint density at radius 2 is 2.20 bits per heavy atom. The SMILES string of the molecule is C/C(C=O)=C\c1cc([N+](=O)[O-])ccc1Cl. The summed E-state index contributed by atoms with van der Waals surface area (Å²) in [6, 6.07) is 4.08. The van der Waals surface area contributed by atoms with E-state index < -0.39 is 4.92 Å². The van der Waals surface area contributed by atoms with Crippen molar-refractivity contribution in [1.82, 2.24) is 0 Å². The number of hydrogen-bond donors (Lipinski definition) is 0. The quantitative estimate of drug-likeness (QED) is 0.344. The molecule has 0 saturated heterocycles. The van der Waals surface area contributed by atoms with Gasteiger partial charge in [0.2, 0.25) is 0 Å². The molecule has 0 bridgehead atoms. The Hall–Kier alpha value is -1.68. The van der Waals surface area contributed by atoms with Crippen molar-refractivity contribution in [1.29, 1.82) is 0 Å². The summed E-state index contributed by atoms with van der Waals surface area (Å²) in [4.78, 5) is 20.4. The summed E-state index contributed by atoms with van der Waals surface area (Å²) in [7, 11) is 0. The van der Waals surface area contributed by atoms with E-state index in [2.05, 4.69) is 0 Å². The third kappa shape index (κ3) is 2.89. The lowest BCUT2D eigenvalue weighted by atomic mass is 10.1. The zero-order valence-electron chi connectivity index (χ0n) is 7.94. The number of nitrogens with zero attached hydrogens (tertiary/aromatic N) is 1. The van der Waals surface area contributed by atoms with Crippen molar-refractivity contribution >= 4 is 29.7 Å². The molecule has 78 valence electrons. The van der Waals surface area contributed by atoms with Gasteiger partial charge in [-0.1, -0.05) is 11.6 Å². The van der Waals surface area contributed by atoms with Gasteiger partial charge in [0.25, 0.3) is 5.69 Å². The van der Waals surface area contributed by atoms with Crippen LogP contribution in [-0.2, 0) is 4.79 Å². The van der Waals surface area contributed by atoms with Crippen LogP contribution in [0.4, 0.5) is 5.69 Å². The highest BCUT2D eigenvalue weighted by Crippen LogP contribution is 2.23. The normalized spacial score (nSPS) is 11.2. The molecule has 0 aliphatic carbocycles. The van der Waals surface area contributed by atoms with Gasteiger partial charge in [-0.3, -0.25) is 14.9 Å². The van der Waals surface area contributed by atoms with Crippen molar-refractivity contribution < 1.29 is 9.72 Å². The van der Waals surface area contributed by atoms with Gasteiger partial charge in [-0.2, -0.15) is 0 Å². The summed E-state index contributed by atoms with van der Waals surface area (Å²) in [5.41, 5.74) is 0.872. The van der Waals surface area contributed by atoms with E-state index in [0.29, 0.717) is 22.4 Å². The molecular formula is C10H8ClNO3. The van der Waals surface area contributed by atoms with Crippen LogP contribution in [0.5, 0.6) is 0 Å². The van der Waals surface area contributed by atoms with Crippen molar-refractivity contribution in [2.24, 2.45) is 0 Å². The second-order valence-electron chi connectivity index (χ2n) is 2.97. The standard InChI is InChI=1S/C10H8ClNO3/c1-7(6-13)4-8-5-9(12(14)15)2-3-10(8)11/h2-6H,1H3/b7-4+. The molecule has 1 aromatic carbocycles. The van der Waals surface area contributed by atoms with Gasteiger partial charge in [-0.25, -0.2) is 0 Å². The van der Waals surface area contributed by atoms with Gasteiger partial charge >= 0.3 is 0 Å². The van der Waals surface area contributed by atoms with Gasteiger partial charge in [-0.05, 0) is 24.6 Å². The maximum absolute atomic E-state index is 10.5. The first-order chi connectivity index (χ1) is 7.04. The number of halogens is 1. The van der Waals surface area contributed by atoms with Crippen molar-refractivity contribution in [3.63, 3.8) is 0 Å². The maximum atomic E-state index is 10.5. The molecule has 0 aliphatic heterocycles. The predicted octanol–water partition coefficient (Wildman–Crippen LogP) is 2.85. The molecule has 0 radical (unpaired) electrons. The predicted molar refractivity (Wildman–Crippen MR) is 57.8 cm³/mol. The number of carbonyl (C=O) groups excluding carboxylic acids is 1. The minimum absolute atomic E-state index is 0.0515. The van der Waals surface area contributed by atoms with E-state index in [0.717, 1.165) is 0 Å². The summed E-state index contributed by atoms with van der Waals surface area (Å²) in [5, 5.41) is 10.9. The van der Waals surface area contributed by atoms with Crippen LogP contribution < -0.4 is 0 Å². The van der Waals surface area contributed by atoms with Crippen LogP contribution in [0.1, 0.15) is 12.5 Å². The first-order valence-corrected chi connectivity index (χ1v) is 4.50. The van der Waals surface area contributed by atoms with Crippen molar-refractivity contribution in [3.05, 3.63) is 44.5 Å². The Labute approximate surface area is 91.3 Å². The summed E-state index contributed by atoms with van der Waals surface area (Å²) in [6.45, 7) is 1.60. The Balaban J connectivity index is 3.22. The van der Waals surface area contributed by atoms with Crippen LogP contribution in [0.25, 0.3) is 6.08 Å². The highest BCUT2D eigenvalue weighted by atomic mass is 35.5. The Bertz CT molecular complexity index is 440. The summed E-state index contributed by atoms with van der Waals surface area (Å²) in [6.07, 6.45) is 2.16. The fraction of sp³-hybridized carbons (Fsp3) is 0.100.